The summed E-state index contributed by atoms with van der Waals surface area (Å²) in [5, 5.41) is 13.4. The van der Waals surface area contributed by atoms with Gasteiger partial charge in [0.05, 0.1) is 6.10 Å². The van der Waals surface area contributed by atoms with Crippen LogP contribution in [0.5, 0.6) is 5.75 Å². The Morgan fingerprint density at radius 1 is 1.40 bits per heavy atom. The van der Waals surface area contributed by atoms with Crippen LogP contribution in [0.25, 0.3) is 0 Å². The van der Waals surface area contributed by atoms with Gasteiger partial charge in [0.1, 0.15) is 12.4 Å². The zero-order valence-corrected chi connectivity index (χ0v) is 13.0. The SMILES string of the molecule is C#CCOc1ccc(Br)cc1CNC1CCCCC1O. The van der Waals surface area contributed by atoms with E-state index in [1.54, 1.807) is 0 Å². The number of hydrogen-bond acceptors (Lipinski definition) is 3. The summed E-state index contributed by atoms with van der Waals surface area (Å²) in [7, 11) is 0. The third-order valence-electron chi connectivity index (χ3n) is 3.62. The number of aliphatic hydroxyl groups excluding tert-OH is 1. The van der Waals surface area contributed by atoms with E-state index in [4.69, 9.17) is 11.2 Å². The quantitative estimate of drug-likeness (QED) is 0.812. The summed E-state index contributed by atoms with van der Waals surface area (Å²) in [4.78, 5) is 0. The van der Waals surface area contributed by atoms with Gasteiger partial charge in [-0.1, -0.05) is 34.7 Å². The van der Waals surface area contributed by atoms with E-state index < -0.39 is 0 Å². The molecule has 1 aromatic rings. The molecule has 1 saturated carbocycles. The highest BCUT2D eigenvalue weighted by Crippen LogP contribution is 2.24. The van der Waals surface area contributed by atoms with Gasteiger partial charge < -0.3 is 15.2 Å². The van der Waals surface area contributed by atoms with Crippen LogP contribution in [0.2, 0.25) is 0 Å². The molecule has 0 saturated heterocycles. The van der Waals surface area contributed by atoms with Crippen molar-refractivity contribution in [3.8, 4) is 18.1 Å². The van der Waals surface area contributed by atoms with Crippen molar-refractivity contribution >= 4 is 15.9 Å². The van der Waals surface area contributed by atoms with Crippen LogP contribution in [0.1, 0.15) is 31.2 Å². The van der Waals surface area contributed by atoms with Crippen LogP contribution in [-0.2, 0) is 6.54 Å². The molecule has 4 heteroatoms. The largest absolute Gasteiger partial charge is 0.481 e. The van der Waals surface area contributed by atoms with Crippen molar-refractivity contribution in [2.45, 2.75) is 44.4 Å². The highest BCUT2D eigenvalue weighted by Gasteiger charge is 2.22. The molecule has 0 aliphatic heterocycles. The van der Waals surface area contributed by atoms with Gasteiger partial charge in [-0.25, -0.2) is 0 Å². The molecule has 1 aromatic carbocycles. The lowest BCUT2D eigenvalue weighted by Crippen LogP contribution is -2.41. The number of terminal acetylenes is 1. The van der Waals surface area contributed by atoms with Crippen molar-refractivity contribution in [2.24, 2.45) is 0 Å². The topological polar surface area (TPSA) is 41.5 Å². The van der Waals surface area contributed by atoms with Crippen LogP contribution < -0.4 is 10.1 Å². The molecule has 1 fully saturated rings. The summed E-state index contributed by atoms with van der Waals surface area (Å²) in [5.41, 5.74) is 1.05. The highest BCUT2D eigenvalue weighted by molar-refractivity contribution is 9.10. The van der Waals surface area contributed by atoms with E-state index >= 15 is 0 Å². The fourth-order valence-electron chi connectivity index (χ4n) is 2.54. The Bertz CT molecular complexity index is 484. The minimum Gasteiger partial charge on any atom is -0.481 e. The van der Waals surface area contributed by atoms with E-state index in [0.717, 1.165) is 35.0 Å². The Kier molecular flexibility index (Phi) is 5.90. The molecule has 0 spiro atoms. The van der Waals surface area contributed by atoms with Crippen molar-refractivity contribution < 1.29 is 9.84 Å². The van der Waals surface area contributed by atoms with Crippen molar-refractivity contribution in [1.29, 1.82) is 0 Å². The molecular weight excluding hydrogens is 318 g/mol. The number of rotatable bonds is 5. The van der Waals surface area contributed by atoms with Gasteiger partial charge in [-0.2, -0.15) is 0 Å². The van der Waals surface area contributed by atoms with Crippen LogP contribution in [0, 0.1) is 12.3 Å². The van der Waals surface area contributed by atoms with E-state index in [1.165, 1.54) is 6.42 Å². The second-order valence-electron chi connectivity index (χ2n) is 5.08. The maximum Gasteiger partial charge on any atom is 0.148 e. The van der Waals surface area contributed by atoms with E-state index in [1.807, 2.05) is 18.2 Å². The van der Waals surface area contributed by atoms with Crippen molar-refractivity contribution in [3.05, 3.63) is 28.2 Å². The molecule has 0 radical (unpaired) electrons. The van der Waals surface area contributed by atoms with Crippen LogP contribution in [0.4, 0.5) is 0 Å². The van der Waals surface area contributed by atoms with Crippen LogP contribution in [0.15, 0.2) is 22.7 Å². The normalized spacial score (nSPS) is 22.2. The number of ether oxygens (including phenoxy) is 1. The molecular formula is C16H20BrNO2. The molecule has 1 aliphatic carbocycles. The fraction of sp³-hybridized carbons (Fsp3) is 0.500. The summed E-state index contributed by atoms with van der Waals surface area (Å²) in [6.45, 7) is 0.932. The average Bonchev–Trinajstić information content (AvgIpc) is 2.45. The lowest BCUT2D eigenvalue weighted by molar-refractivity contribution is 0.0901. The first kappa shape index (κ1) is 15.4. The zero-order valence-electron chi connectivity index (χ0n) is 11.4. The average molecular weight is 338 g/mol. The Morgan fingerprint density at radius 2 is 2.20 bits per heavy atom. The van der Waals surface area contributed by atoms with Gasteiger partial charge in [0.25, 0.3) is 0 Å². The van der Waals surface area contributed by atoms with Crippen LogP contribution in [-0.4, -0.2) is 23.9 Å². The number of nitrogens with one attached hydrogen (secondary N) is 1. The third-order valence-corrected chi connectivity index (χ3v) is 4.11. The lowest BCUT2D eigenvalue weighted by atomic mass is 9.92. The first-order valence-electron chi connectivity index (χ1n) is 6.97. The minimum atomic E-state index is -0.244. The molecule has 2 unspecified atom stereocenters. The first-order chi connectivity index (χ1) is 9.70. The van der Waals surface area contributed by atoms with E-state index in [2.05, 4.69) is 27.2 Å². The van der Waals surface area contributed by atoms with E-state index in [0.29, 0.717) is 6.54 Å². The molecule has 108 valence electrons. The lowest BCUT2D eigenvalue weighted by Gasteiger charge is -2.28. The Morgan fingerprint density at radius 3 is 2.95 bits per heavy atom. The Labute approximate surface area is 128 Å². The maximum absolute atomic E-state index is 9.98. The maximum atomic E-state index is 9.98. The standard InChI is InChI=1S/C16H20BrNO2/c1-2-9-20-16-8-7-13(17)10-12(16)11-18-14-5-3-4-6-15(14)19/h1,7-8,10,14-15,18-19H,3-6,9,11H2. The van der Waals surface area contributed by atoms with Crippen LogP contribution >= 0.6 is 15.9 Å². The van der Waals surface area contributed by atoms with Gasteiger partial charge in [0.2, 0.25) is 0 Å². The van der Waals surface area contributed by atoms with E-state index in [-0.39, 0.29) is 18.8 Å². The smallest absolute Gasteiger partial charge is 0.148 e. The number of aliphatic hydroxyl groups is 1. The monoisotopic (exact) mass is 337 g/mol. The molecule has 3 nitrogen and oxygen atoms in total. The van der Waals surface area contributed by atoms with Crippen LogP contribution in [0.3, 0.4) is 0 Å². The van der Waals surface area contributed by atoms with Gasteiger partial charge in [-0.15, -0.1) is 6.42 Å². The summed E-state index contributed by atoms with van der Waals surface area (Å²) < 4.78 is 6.55. The van der Waals surface area contributed by atoms with Crippen molar-refractivity contribution in [1.82, 2.24) is 5.32 Å². The number of benzene rings is 1. The molecule has 2 atom stereocenters. The minimum absolute atomic E-state index is 0.170. The van der Waals surface area contributed by atoms with Crippen molar-refractivity contribution in [2.75, 3.05) is 6.61 Å². The molecule has 20 heavy (non-hydrogen) atoms. The summed E-state index contributed by atoms with van der Waals surface area (Å²) >= 11 is 3.47. The third kappa shape index (κ3) is 4.24. The Hall–Kier alpha value is -1.02. The molecule has 2 N–H and O–H groups in total. The molecule has 0 aromatic heterocycles. The van der Waals surface area contributed by atoms with Gasteiger partial charge >= 0.3 is 0 Å². The van der Waals surface area contributed by atoms with E-state index in [9.17, 15) is 5.11 Å². The summed E-state index contributed by atoms with van der Waals surface area (Å²) in [6, 6.07) is 6.04. The van der Waals surface area contributed by atoms with Gasteiger partial charge in [0.15, 0.2) is 0 Å². The van der Waals surface area contributed by atoms with Gasteiger partial charge in [-0.05, 0) is 31.0 Å². The second-order valence-corrected chi connectivity index (χ2v) is 6.00. The molecule has 0 amide bonds. The van der Waals surface area contributed by atoms with Crippen molar-refractivity contribution in [3.63, 3.8) is 0 Å². The van der Waals surface area contributed by atoms with Gasteiger partial charge in [-0.3, -0.25) is 0 Å². The second kappa shape index (κ2) is 7.68. The Balaban J connectivity index is 2.00. The van der Waals surface area contributed by atoms with Gasteiger partial charge in [0, 0.05) is 22.6 Å². The summed E-state index contributed by atoms with van der Waals surface area (Å²) in [5.74, 6) is 3.27. The predicted molar refractivity (Wildman–Crippen MR) is 83.6 cm³/mol. The fourth-order valence-corrected chi connectivity index (χ4v) is 2.95. The summed E-state index contributed by atoms with van der Waals surface area (Å²) in [6.07, 6.45) is 9.19. The predicted octanol–water partition coefficient (Wildman–Crippen LogP) is 2.85. The highest BCUT2D eigenvalue weighted by atomic mass is 79.9. The molecule has 0 heterocycles. The molecule has 1 aliphatic rings. The first-order valence-corrected chi connectivity index (χ1v) is 7.76. The molecule has 2 rings (SSSR count). The molecule has 0 bridgehead atoms. The number of hydrogen-bond donors (Lipinski definition) is 2. The number of halogens is 1. The zero-order chi connectivity index (χ0) is 14.4.